The maximum Gasteiger partial charge on any atom is 0.224 e. The minimum atomic E-state index is -0.0934. The minimum Gasteiger partial charge on any atom is -0.361 e. The van der Waals surface area contributed by atoms with Crippen molar-refractivity contribution in [2.45, 2.75) is 32.1 Å². The van der Waals surface area contributed by atoms with Gasteiger partial charge in [0.15, 0.2) is 0 Å². The second-order valence-electron chi connectivity index (χ2n) is 7.66. The number of piperidine rings is 1. The predicted octanol–water partition coefficient (Wildman–Crippen LogP) is 3.76. The number of aryl methyl sites for hydroxylation is 1. The van der Waals surface area contributed by atoms with E-state index < -0.39 is 0 Å². The van der Waals surface area contributed by atoms with Gasteiger partial charge >= 0.3 is 0 Å². The van der Waals surface area contributed by atoms with Crippen molar-refractivity contribution in [2.24, 2.45) is 5.92 Å². The molecular formula is C23H27N3O2S. The van der Waals surface area contributed by atoms with Crippen molar-refractivity contribution in [1.29, 1.82) is 0 Å². The molecule has 2 aromatic heterocycles. The number of nitrogens with zero attached hydrogens (tertiary/aromatic N) is 1. The fraction of sp³-hybridized carbons (Fsp3) is 0.391. The van der Waals surface area contributed by atoms with Gasteiger partial charge in [0, 0.05) is 48.0 Å². The highest BCUT2D eigenvalue weighted by Gasteiger charge is 2.28. The number of rotatable bonds is 7. The van der Waals surface area contributed by atoms with E-state index in [1.165, 1.54) is 15.8 Å². The Morgan fingerprint density at radius 2 is 2.07 bits per heavy atom. The topological polar surface area (TPSA) is 65.2 Å². The average Bonchev–Trinajstić information content (AvgIpc) is 3.42. The lowest BCUT2D eigenvalue weighted by molar-refractivity contribution is -0.135. The zero-order valence-corrected chi connectivity index (χ0v) is 17.3. The summed E-state index contributed by atoms with van der Waals surface area (Å²) < 4.78 is 0. The summed E-state index contributed by atoms with van der Waals surface area (Å²) >= 11 is 1.71. The Bertz CT molecular complexity index is 964. The van der Waals surface area contributed by atoms with E-state index in [-0.39, 0.29) is 17.7 Å². The smallest absolute Gasteiger partial charge is 0.224 e. The number of hydrogen-bond donors (Lipinski definition) is 2. The number of amides is 2. The lowest BCUT2D eigenvalue weighted by Gasteiger charge is -2.32. The van der Waals surface area contributed by atoms with Crippen molar-refractivity contribution < 1.29 is 9.59 Å². The highest BCUT2D eigenvalue weighted by atomic mass is 32.1. The number of carbonyl (C=O) groups is 2. The third-order valence-corrected chi connectivity index (χ3v) is 6.61. The van der Waals surface area contributed by atoms with E-state index in [2.05, 4.69) is 27.8 Å². The van der Waals surface area contributed by atoms with Gasteiger partial charge in [0.1, 0.15) is 0 Å². The van der Waals surface area contributed by atoms with Crippen LogP contribution < -0.4 is 5.32 Å². The zero-order chi connectivity index (χ0) is 20.1. The minimum absolute atomic E-state index is 0.0793. The van der Waals surface area contributed by atoms with Crippen LogP contribution in [0.1, 0.15) is 29.7 Å². The van der Waals surface area contributed by atoms with Crippen molar-refractivity contribution in [3.63, 3.8) is 0 Å². The molecule has 1 atom stereocenters. The standard InChI is InChI=1S/C23H27N3O2S/c27-22(10-9-17-15-25-21-8-2-1-7-20(17)21)26-13-3-5-18(16-26)23(28)24-12-11-19-6-4-14-29-19/h1-2,4,6-8,14-15,18,25H,3,5,9-13,16H2,(H,24,28). The first-order chi connectivity index (χ1) is 14.2. The molecule has 1 fully saturated rings. The van der Waals surface area contributed by atoms with Gasteiger partial charge in [0.2, 0.25) is 11.8 Å². The number of H-pyrrole nitrogens is 1. The fourth-order valence-corrected chi connectivity index (χ4v) is 4.77. The third kappa shape index (κ3) is 4.88. The Kier molecular flexibility index (Phi) is 6.30. The molecule has 3 aromatic rings. The fourth-order valence-electron chi connectivity index (χ4n) is 4.06. The van der Waals surface area contributed by atoms with Crippen LogP contribution in [0.3, 0.4) is 0 Å². The van der Waals surface area contributed by atoms with Crippen LogP contribution in [0.25, 0.3) is 10.9 Å². The number of aromatic amines is 1. The van der Waals surface area contributed by atoms with E-state index in [4.69, 9.17) is 0 Å². The van der Waals surface area contributed by atoms with Crippen LogP contribution in [0.2, 0.25) is 0 Å². The Labute approximate surface area is 175 Å². The van der Waals surface area contributed by atoms with Gasteiger partial charge in [0.25, 0.3) is 0 Å². The molecule has 1 unspecified atom stereocenters. The van der Waals surface area contributed by atoms with Crippen molar-refractivity contribution in [3.05, 3.63) is 58.4 Å². The maximum atomic E-state index is 12.8. The average molecular weight is 410 g/mol. The lowest BCUT2D eigenvalue weighted by atomic mass is 9.96. The summed E-state index contributed by atoms with van der Waals surface area (Å²) in [4.78, 5) is 31.7. The van der Waals surface area contributed by atoms with Gasteiger partial charge in [-0.2, -0.15) is 0 Å². The molecular weight excluding hydrogens is 382 g/mol. The SMILES string of the molecule is O=C(NCCc1cccs1)C1CCCN(C(=O)CCc2c[nH]c3ccccc23)C1. The van der Waals surface area contributed by atoms with E-state index >= 15 is 0 Å². The maximum absolute atomic E-state index is 12.8. The van der Waals surface area contributed by atoms with Crippen LogP contribution >= 0.6 is 11.3 Å². The molecule has 0 radical (unpaired) electrons. The van der Waals surface area contributed by atoms with E-state index in [0.29, 0.717) is 19.5 Å². The summed E-state index contributed by atoms with van der Waals surface area (Å²) in [5, 5.41) is 6.29. The quantitative estimate of drug-likeness (QED) is 0.624. The molecule has 6 heteroatoms. The first-order valence-corrected chi connectivity index (χ1v) is 11.2. The van der Waals surface area contributed by atoms with Crippen LogP contribution in [0.4, 0.5) is 0 Å². The Morgan fingerprint density at radius 1 is 1.17 bits per heavy atom. The zero-order valence-electron chi connectivity index (χ0n) is 16.5. The first kappa shape index (κ1) is 19.7. The summed E-state index contributed by atoms with van der Waals surface area (Å²) in [5.41, 5.74) is 2.28. The van der Waals surface area contributed by atoms with Crippen LogP contribution in [0, 0.1) is 5.92 Å². The molecule has 152 valence electrons. The van der Waals surface area contributed by atoms with Crippen LogP contribution in [-0.4, -0.2) is 41.3 Å². The van der Waals surface area contributed by atoms with E-state index in [1.54, 1.807) is 11.3 Å². The van der Waals surface area contributed by atoms with Gasteiger partial charge in [-0.25, -0.2) is 0 Å². The molecule has 29 heavy (non-hydrogen) atoms. The van der Waals surface area contributed by atoms with Gasteiger partial charge in [0.05, 0.1) is 5.92 Å². The number of fused-ring (bicyclic) bond motifs is 1. The number of nitrogens with one attached hydrogen (secondary N) is 2. The van der Waals surface area contributed by atoms with Crippen LogP contribution in [0.5, 0.6) is 0 Å². The number of benzene rings is 1. The molecule has 1 saturated heterocycles. The molecule has 1 aliphatic rings. The van der Waals surface area contributed by atoms with Crippen molar-refractivity contribution >= 4 is 34.1 Å². The second kappa shape index (κ2) is 9.27. The third-order valence-electron chi connectivity index (χ3n) is 5.68. The van der Waals surface area contributed by atoms with E-state index in [9.17, 15) is 9.59 Å². The second-order valence-corrected chi connectivity index (χ2v) is 8.69. The van der Waals surface area contributed by atoms with Crippen molar-refractivity contribution in [1.82, 2.24) is 15.2 Å². The largest absolute Gasteiger partial charge is 0.361 e. The van der Waals surface area contributed by atoms with Gasteiger partial charge in [-0.1, -0.05) is 24.3 Å². The molecule has 4 rings (SSSR count). The molecule has 0 spiro atoms. The Morgan fingerprint density at radius 3 is 2.93 bits per heavy atom. The molecule has 0 bridgehead atoms. The number of aromatic nitrogens is 1. The highest BCUT2D eigenvalue weighted by Crippen LogP contribution is 2.21. The number of carbonyl (C=O) groups excluding carboxylic acids is 2. The number of likely N-dealkylation sites (tertiary alicyclic amines) is 1. The normalized spacial score (nSPS) is 16.8. The van der Waals surface area contributed by atoms with Gasteiger partial charge in [-0.3, -0.25) is 9.59 Å². The number of para-hydroxylation sites is 1. The number of hydrogen-bond acceptors (Lipinski definition) is 3. The monoisotopic (exact) mass is 409 g/mol. The summed E-state index contributed by atoms with van der Waals surface area (Å²) in [6.07, 6.45) is 5.81. The summed E-state index contributed by atoms with van der Waals surface area (Å²) in [5.74, 6) is 0.131. The molecule has 3 heterocycles. The van der Waals surface area contributed by atoms with Crippen molar-refractivity contribution in [3.8, 4) is 0 Å². The lowest BCUT2D eigenvalue weighted by Crippen LogP contribution is -2.45. The Balaban J connectivity index is 1.26. The highest BCUT2D eigenvalue weighted by molar-refractivity contribution is 7.09. The molecule has 1 aliphatic heterocycles. The van der Waals surface area contributed by atoms with Crippen LogP contribution in [0.15, 0.2) is 48.0 Å². The van der Waals surface area contributed by atoms with E-state index in [1.807, 2.05) is 35.4 Å². The van der Waals surface area contributed by atoms with Crippen molar-refractivity contribution in [2.75, 3.05) is 19.6 Å². The van der Waals surface area contributed by atoms with Crippen LogP contribution in [-0.2, 0) is 22.4 Å². The molecule has 0 saturated carbocycles. The first-order valence-electron chi connectivity index (χ1n) is 10.3. The van der Waals surface area contributed by atoms with E-state index in [0.717, 1.165) is 37.7 Å². The summed E-state index contributed by atoms with van der Waals surface area (Å²) in [7, 11) is 0. The molecule has 2 amide bonds. The molecule has 5 nitrogen and oxygen atoms in total. The molecule has 1 aromatic carbocycles. The van der Waals surface area contributed by atoms with Gasteiger partial charge in [-0.05, 0) is 48.8 Å². The summed E-state index contributed by atoms with van der Waals surface area (Å²) in [6, 6.07) is 12.3. The molecule has 2 N–H and O–H groups in total. The predicted molar refractivity (Wildman–Crippen MR) is 117 cm³/mol. The number of thiophene rings is 1. The summed E-state index contributed by atoms with van der Waals surface area (Å²) in [6.45, 7) is 1.95. The van der Waals surface area contributed by atoms with Gasteiger partial charge in [-0.15, -0.1) is 11.3 Å². The van der Waals surface area contributed by atoms with Gasteiger partial charge < -0.3 is 15.2 Å². The Hall–Kier alpha value is -2.60. The molecule has 0 aliphatic carbocycles.